The SMILES string of the molecule is O=c1[nH]ccc2c1CN(c1ccc(S(=O)C3CCCCC3)cc1)CC2. The van der Waals surface area contributed by atoms with Gasteiger partial charge in [-0.25, -0.2) is 0 Å². The van der Waals surface area contributed by atoms with Gasteiger partial charge < -0.3 is 9.88 Å². The maximum Gasteiger partial charge on any atom is 0.253 e. The smallest absolute Gasteiger partial charge is 0.253 e. The monoisotopic (exact) mass is 356 g/mol. The third kappa shape index (κ3) is 3.43. The molecule has 0 saturated heterocycles. The first kappa shape index (κ1) is 16.6. The number of hydrogen-bond donors (Lipinski definition) is 1. The first-order chi connectivity index (χ1) is 12.2. The van der Waals surface area contributed by atoms with Gasteiger partial charge in [0.1, 0.15) is 0 Å². The Bertz CT molecular complexity index is 822. The lowest BCUT2D eigenvalue weighted by Crippen LogP contribution is -2.34. The van der Waals surface area contributed by atoms with Crippen molar-refractivity contribution in [3.8, 4) is 0 Å². The normalized spacial score (nSPS) is 19.4. The Hall–Kier alpha value is -1.88. The molecule has 0 amide bonds. The molecule has 132 valence electrons. The lowest BCUT2D eigenvalue weighted by Gasteiger charge is -2.30. The predicted octanol–water partition coefficient (Wildman–Crippen LogP) is 3.38. The Labute approximate surface area is 150 Å². The minimum atomic E-state index is -0.896. The molecule has 2 aliphatic rings. The summed E-state index contributed by atoms with van der Waals surface area (Å²) in [4.78, 5) is 18.0. The molecule has 1 fully saturated rings. The van der Waals surface area contributed by atoms with E-state index >= 15 is 0 Å². The Morgan fingerprint density at radius 1 is 1.04 bits per heavy atom. The number of benzene rings is 1. The van der Waals surface area contributed by atoms with Crippen LogP contribution in [-0.4, -0.2) is 21.0 Å². The average Bonchev–Trinajstić information content (AvgIpc) is 2.68. The van der Waals surface area contributed by atoms with Crippen molar-refractivity contribution in [2.24, 2.45) is 0 Å². The molecule has 1 aliphatic carbocycles. The van der Waals surface area contributed by atoms with Crippen LogP contribution in [0.15, 0.2) is 46.2 Å². The molecule has 1 aromatic carbocycles. The molecule has 0 radical (unpaired) electrons. The van der Waals surface area contributed by atoms with Crippen LogP contribution in [0.25, 0.3) is 0 Å². The molecule has 2 heterocycles. The number of rotatable bonds is 3. The lowest BCUT2D eigenvalue weighted by molar-refractivity contribution is 0.504. The van der Waals surface area contributed by atoms with Gasteiger partial charge in [0.2, 0.25) is 0 Å². The quantitative estimate of drug-likeness (QED) is 0.917. The highest BCUT2D eigenvalue weighted by Crippen LogP contribution is 2.28. The third-order valence-corrected chi connectivity index (χ3v) is 7.26. The minimum absolute atomic E-state index is 0.0113. The second kappa shape index (κ2) is 7.16. The summed E-state index contributed by atoms with van der Waals surface area (Å²) in [6.07, 6.45) is 8.47. The summed E-state index contributed by atoms with van der Waals surface area (Å²) in [5.41, 5.74) is 3.12. The highest BCUT2D eigenvalue weighted by molar-refractivity contribution is 7.85. The molecule has 1 unspecified atom stereocenters. The fourth-order valence-corrected chi connectivity index (χ4v) is 5.52. The summed E-state index contributed by atoms with van der Waals surface area (Å²) in [5, 5.41) is 0.319. The molecule has 25 heavy (non-hydrogen) atoms. The van der Waals surface area contributed by atoms with Crippen LogP contribution in [0.3, 0.4) is 0 Å². The van der Waals surface area contributed by atoms with Crippen molar-refractivity contribution < 1.29 is 4.21 Å². The molecule has 1 saturated carbocycles. The van der Waals surface area contributed by atoms with Gasteiger partial charge in [-0.2, -0.15) is 0 Å². The van der Waals surface area contributed by atoms with E-state index in [9.17, 15) is 9.00 Å². The van der Waals surface area contributed by atoms with E-state index in [0.29, 0.717) is 11.8 Å². The van der Waals surface area contributed by atoms with Gasteiger partial charge in [0, 0.05) is 40.7 Å². The van der Waals surface area contributed by atoms with Crippen LogP contribution < -0.4 is 10.5 Å². The van der Waals surface area contributed by atoms with Crippen molar-refractivity contribution in [3.05, 3.63) is 58.0 Å². The van der Waals surface area contributed by atoms with Crippen molar-refractivity contribution in [1.29, 1.82) is 0 Å². The number of nitrogens with one attached hydrogen (secondary N) is 1. The summed E-state index contributed by atoms with van der Waals surface area (Å²) in [7, 11) is -0.896. The Morgan fingerprint density at radius 2 is 1.80 bits per heavy atom. The van der Waals surface area contributed by atoms with Crippen LogP contribution in [0.4, 0.5) is 5.69 Å². The van der Waals surface area contributed by atoms with Gasteiger partial charge in [-0.05, 0) is 55.2 Å². The molecule has 1 aliphatic heterocycles. The number of hydrogen-bond acceptors (Lipinski definition) is 3. The number of nitrogens with zero attached hydrogens (tertiary/aromatic N) is 1. The van der Waals surface area contributed by atoms with E-state index in [1.54, 1.807) is 6.20 Å². The molecule has 4 rings (SSSR count). The Kier molecular flexibility index (Phi) is 4.75. The van der Waals surface area contributed by atoms with Crippen molar-refractivity contribution in [1.82, 2.24) is 4.98 Å². The van der Waals surface area contributed by atoms with Crippen LogP contribution in [0.1, 0.15) is 43.2 Å². The Balaban J connectivity index is 1.50. The fraction of sp³-hybridized carbons (Fsp3) is 0.450. The van der Waals surface area contributed by atoms with E-state index in [4.69, 9.17) is 0 Å². The lowest BCUT2D eigenvalue weighted by atomic mass is 10.0. The van der Waals surface area contributed by atoms with Gasteiger partial charge in [0.25, 0.3) is 5.56 Å². The summed E-state index contributed by atoms with van der Waals surface area (Å²) in [5.74, 6) is 0. The average molecular weight is 356 g/mol. The van der Waals surface area contributed by atoms with Gasteiger partial charge >= 0.3 is 0 Å². The van der Waals surface area contributed by atoms with Gasteiger partial charge in [0.05, 0.1) is 10.8 Å². The van der Waals surface area contributed by atoms with Crippen molar-refractivity contribution >= 4 is 16.5 Å². The van der Waals surface area contributed by atoms with Crippen molar-refractivity contribution in [2.45, 2.75) is 55.2 Å². The number of anilines is 1. The topological polar surface area (TPSA) is 53.2 Å². The summed E-state index contributed by atoms with van der Waals surface area (Å²) in [6, 6.07) is 10.1. The number of aromatic amines is 1. The first-order valence-corrected chi connectivity index (χ1v) is 10.4. The highest BCUT2D eigenvalue weighted by Gasteiger charge is 2.22. The van der Waals surface area contributed by atoms with Crippen molar-refractivity contribution in [2.75, 3.05) is 11.4 Å². The number of pyridine rings is 1. The fourth-order valence-electron chi connectivity index (χ4n) is 3.97. The molecule has 1 atom stereocenters. The number of aromatic nitrogens is 1. The van der Waals surface area contributed by atoms with E-state index in [2.05, 4.69) is 22.0 Å². The molecule has 4 nitrogen and oxygen atoms in total. The third-order valence-electron chi connectivity index (χ3n) is 5.45. The van der Waals surface area contributed by atoms with Crippen LogP contribution in [-0.2, 0) is 23.8 Å². The maximum absolute atomic E-state index is 12.7. The van der Waals surface area contributed by atoms with Gasteiger partial charge in [-0.15, -0.1) is 0 Å². The van der Waals surface area contributed by atoms with E-state index < -0.39 is 10.8 Å². The molecule has 0 bridgehead atoms. The molecule has 5 heteroatoms. The zero-order valence-electron chi connectivity index (χ0n) is 14.4. The molecule has 1 N–H and O–H groups in total. The van der Waals surface area contributed by atoms with Gasteiger partial charge in [0.15, 0.2) is 0 Å². The van der Waals surface area contributed by atoms with Crippen LogP contribution in [0.5, 0.6) is 0 Å². The van der Waals surface area contributed by atoms with Crippen LogP contribution in [0.2, 0.25) is 0 Å². The summed E-state index contributed by atoms with van der Waals surface area (Å²) >= 11 is 0. The first-order valence-electron chi connectivity index (χ1n) is 9.17. The molecular weight excluding hydrogens is 332 g/mol. The van der Waals surface area contributed by atoms with Crippen LogP contribution >= 0.6 is 0 Å². The van der Waals surface area contributed by atoms with E-state index in [1.165, 1.54) is 19.3 Å². The Morgan fingerprint density at radius 3 is 2.56 bits per heavy atom. The number of H-pyrrole nitrogens is 1. The largest absolute Gasteiger partial charge is 0.367 e. The van der Waals surface area contributed by atoms with E-state index in [1.807, 2.05) is 18.2 Å². The predicted molar refractivity (Wildman–Crippen MR) is 102 cm³/mol. The summed E-state index contributed by atoms with van der Waals surface area (Å²) in [6.45, 7) is 1.54. The standard InChI is InChI=1S/C20H24N2O2S/c23-20-19-14-22(13-11-15(19)10-12-21-20)16-6-8-18(9-7-16)25(24)17-4-2-1-3-5-17/h6-10,12,17H,1-5,11,13-14H2,(H,21,23). The molecule has 2 aromatic rings. The summed E-state index contributed by atoms with van der Waals surface area (Å²) < 4.78 is 12.7. The molecular formula is C20H24N2O2S. The molecule has 1 aromatic heterocycles. The van der Waals surface area contributed by atoms with E-state index in [-0.39, 0.29) is 5.56 Å². The zero-order valence-corrected chi connectivity index (χ0v) is 15.2. The second-order valence-electron chi connectivity index (χ2n) is 7.03. The van der Waals surface area contributed by atoms with Gasteiger partial charge in [-0.3, -0.25) is 9.00 Å². The van der Waals surface area contributed by atoms with Crippen molar-refractivity contribution in [3.63, 3.8) is 0 Å². The molecule has 0 spiro atoms. The van der Waals surface area contributed by atoms with Gasteiger partial charge in [-0.1, -0.05) is 19.3 Å². The number of fused-ring (bicyclic) bond motifs is 1. The maximum atomic E-state index is 12.7. The minimum Gasteiger partial charge on any atom is -0.367 e. The second-order valence-corrected chi connectivity index (χ2v) is 8.77. The highest BCUT2D eigenvalue weighted by atomic mass is 32.2. The zero-order chi connectivity index (χ0) is 17.2. The van der Waals surface area contributed by atoms with E-state index in [0.717, 1.165) is 47.5 Å². The van der Waals surface area contributed by atoms with Crippen LogP contribution in [0, 0.1) is 0 Å².